The van der Waals surface area contributed by atoms with Crippen LogP contribution in [0.2, 0.25) is 0 Å². The minimum atomic E-state index is -0.806. The van der Waals surface area contributed by atoms with Gasteiger partial charge in [0, 0.05) is 12.0 Å². The van der Waals surface area contributed by atoms with Crippen LogP contribution in [-0.4, -0.2) is 11.1 Å². The molecular weight excluding hydrogens is 176 g/mol. The molecule has 0 atom stereocenters. The maximum atomic E-state index is 10.8. The second-order valence-electron chi connectivity index (χ2n) is 3.54. The molecular formula is C12H12O2. The minimum absolute atomic E-state index is 0.494. The lowest BCUT2D eigenvalue weighted by molar-refractivity contribution is -0.132. The molecule has 14 heavy (non-hydrogen) atoms. The summed E-state index contributed by atoms with van der Waals surface area (Å²) in [6, 6.07) is 6.17. The summed E-state index contributed by atoms with van der Waals surface area (Å²) in [5.74, 6) is -0.806. The van der Waals surface area contributed by atoms with Crippen LogP contribution in [0.3, 0.4) is 0 Å². The predicted octanol–water partition coefficient (Wildman–Crippen LogP) is 2.27. The van der Waals surface area contributed by atoms with Crippen LogP contribution in [0, 0.1) is 0 Å². The lowest BCUT2D eigenvalue weighted by atomic mass is 10.0. The van der Waals surface area contributed by atoms with Gasteiger partial charge in [0.05, 0.1) is 0 Å². The van der Waals surface area contributed by atoms with E-state index in [1.807, 2.05) is 6.07 Å². The van der Waals surface area contributed by atoms with E-state index < -0.39 is 5.97 Å². The zero-order valence-electron chi connectivity index (χ0n) is 8.08. The van der Waals surface area contributed by atoms with Crippen LogP contribution < -0.4 is 0 Å². The maximum Gasteiger partial charge on any atom is 0.331 e. The first kappa shape index (κ1) is 9.00. The summed E-state index contributed by atoms with van der Waals surface area (Å²) in [5, 5.41) is 8.84. The second-order valence-corrected chi connectivity index (χ2v) is 3.54. The molecule has 2 rings (SSSR count). The molecule has 0 bridgehead atoms. The van der Waals surface area contributed by atoms with Crippen molar-refractivity contribution in [3.8, 4) is 0 Å². The predicted molar refractivity (Wildman–Crippen MR) is 55.1 cm³/mol. The Hall–Kier alpha value is -1.57. The monoisotopic (exact) mass is 188 g/mol. The third kappa shape index (κ3) is 1.43. The van der Waals surface area contributed by atoms with Crippen molar-refractivity contribution in [2.45, 2.75) is 19.8 Å². The number of aliphatic carboxylic acids is 1. The highest BCUT2D eigenvalue weighted by Gasteiger charge is 2.17. The lowest BCUT2D eigenvalue weighted by Crippen LogP contribution is -1.99. The summed E-state index contributed by atoms with van der Waals surface area (Å²) >= 11 is 0. The standard InChI is InChI=1S/C12H12O2/c1-2-8-3-4-9-6-11(12(13)14)7-10(9)5-8/h3-5,7H,2,6H2,1H3,(H,13,14). The van der Waals surface area contributed by atoms with E-state index in [1.54, 1.807) is 6.08 Å². The van der Waals surface area contributed by atoms with E-state index in [1.165, 1.54) is 5.56 Å². The first-order valence-corrected chi connectivity index (χ1v) is 4.76. The SMILES string of the molecule is CCc1ccc2c(c1)C=C(C(=O)O)C2. The fraction of sp³-hybridized carbons (Fsp3) is 0.250. The molecule has 0 radical (unpaired) electrons. The summed E-state index contributed by atoms with van der Waals surface area (Å²) in [6.07, 6.45) is 3.33. The molecule has 1 aromatic rings. The molecule has 0 unspecified atom stereocenters. The highest BCUT2D eigenvalue weighted by molar-refractivity contribution is 5.95. The number of benzene rings is 1. The Kier molecular flexibility index (Phi) is 2.12. The van der Waals surface area contributed by atoms with Crippen LogP contribution in [-0.2, 0) is 17.6 Å². The average Bonchev–Trinajstić information content (AvgIpc) is 2.59. The molecule has 0 amide bonds. The van der Waals surface area contributed by atoms with Crippen LogP contribution in [0.5, 0.6) is 0 Å². The Morgan fingerprint density at radius 1 is 1.50 bits per heavy atom. The summed E-state index contributed by atoms with van der Waals surface area (Å²) < 4.78 is 0. The molecule has 0 aliphatic heterocycles. The number of hydrogen-bond donors (Lipinski definition) is 1. The molecule has 0 saturated heterocycles. The number of carboxylic acid groups (broad SMARTS) is 1. The highest BCUT2D eigenvalue weighted by Crippen LogP contribution is 2.26. The number of rotatable bonds is 2. The van der Waals surface area contributed by atoms with Gasteiger partial charge in [-0.2, -0.15) is 0 Å². The van der Waals surface area contributed by atoms with E-state index >= 15 is 0 Å². The van der Waals surface area contributed by atoms with E-state index in [0.717, 1.165) is 17.5 Å². The molecule has 1 N–H and O–H groups in total. The Morgan fingerprint density at radius 2 is 2.29 bits per heavy atom. The Balaban J connectivity index is 2.39. The molecule has 0 saturated carbocycles. The zero-order valence-corrected chi connectivity index (χ0v) is 8.08. The van der Waals surface area contributed by atoms with E-state index in [9.17, 15) is 4.79 Å². The largest absolute Gasteiger partial charge is 0.478 e. The molecule has 1 aliphatic rings. The number of fused-ring (bicyclic) bond motifs is 1. The molecule has 0 aromatic heterocycles. The smallest absolute Gasteiger partial charge is 0.331 e. The van der Waals surface area contributed by atoms with Crippen molar-refractivity contribution >= 4 is 12.0 Å². The molecule has 1 aromatic carbocycles. The lowest BCUT2D eigenvalue weighted by Gasteiger charge is -2.00. The molecule has 0 fully saturated rings. The van der Waals surface area contributed by atoms with Crippen molar-refractivity contribution in [3.63, 3.8) is 0 Å². The van der Waals surface area contributed by atoms with Gasteiger partial charge in [-0.15, -0.1) is 0 Å². The molecule has 0 heterocycles. The van der Waals surface area contributed by atoms with Crippen molar-refractivity contribution in [2.75, 3.05) is 0 Å². The van der Waals surface area contributed by atoms with Gasteiger partial charge in [0.15, 0.2) is 0 Å². The van der Waals surface area contributed by atoms with Gasteiger partial charge in [0.1, 0.15) is 0 Å². The van der Waals surface area contributed by atoms with Crippen molar-refractivity contribution in [3.05, 3.63) is 40.5 Å². The molecule has 72 valence electrons. The van der Waals surface area contributed by atoms with Crippen molar-refractivity contribution in [2.24, 2.45) is 0 Å². The van der Waals surface area contributed by atoms with Gasteiger partial charge >= 0.3 is 5.97 Å². The van der Waals surface area contributed by atoms with Crippen LogP contribution in [0.25, 0.3) is 6.08 Å². The van der Waals surface area contributed by atoms with Gasteiger partial charge < -0.3 is 5.11 Å². The molecule has 2 heteroatoms. The van der Waals surface area contributed by atoms with Gasteiger partial charge in [-0.1, -0.05) is 25.1 Å². The van der Waals surface area contributed by atoms with Crippen molar-refractivity contribution in [1.29, 1.82) is 0 Å². The molecule has 0 spiro atoms. The summed E-state index contributed by atoms with van der Waals surface area (Å²) in [6.45, 7) is 2.10. The van der Waals surface area contributed by atoms with Gasteiger partial charge in [-0.3, -0.25) is 0 Å². The number of aryl methyl sites for hydroxylation is 1. The normalized spacial score (nSPS) is 13.6. The maximum absolute atomic E-state index is 10.8. The second kappa shape index (κ2) is 3.29. The highest BCUT2D eigenvalue weighted by atomic mass is 16.4. The first-order chi connectivity index (χ1) is 6.70. The molecule has 2 nitrogen and oxygen atoms in total. The number of carbonyl (C=O) groups is 1. The quantitative estimate of drug-likeness (QED) is 0.773. The van der Waals surface area contributed by atoms with Crippen LogP contribution in [0.1, 0.15) is 23.6 Å². The van der Waals surface area contributed by atoms with Crippen LogP contribution in [0.4, 0.5) is 0 Å². The Labute approximate surface area is 82.9 Å². The molecule has 1 aliphatic carbocycles. The van der Waals surface area contributed by atoms with Crippen LogP contribution in [0.15, 0.2) is 23.8 Å². The first-order valence-electron chi connectivity index (χ1n) is 4.76. The fourth-order valence-corrected chi connectivity index (χ4v) is 1.74. The average molecular weight is 188 g/mol. The Morgan fingerprint density at radius 3 is 2.93 bits per heavy atom. The van der Waals surface area contributed by atoms with Gasteiger partial charge in [-0.05, 0) is 29.2 Å². The Bertz CT molecular complexity index is 416. The fourth-order valence-electron chi connectivity index (χ4n) is 1.74. The third-order valence-electron chi connectivity index (χ3n) is 2.60. The van der Waals surface area contributed by atoms with E-state index in [4.69, 9.17) is 5.11 Å². The van der Waals surface area contributed by atoms with Gasteiger partial charge in [0.25, 0.3) is 0 Å². The van der Waals surface area contributed by atoms with Crippen molar-refractivity contribution < 1.29 is 9.90 Å². The minimum Gasteiger partial charge on any atom is -0.478 e. The zero-order chi connectivity index (χ0) is 10.1. The third-order valence-corrected chi connectivity index (χ3v) is 2.60. The van der Waals surface area contributed by atoms with Gasteiger partial charge in [0.2, 0.25) is 0 Å². The van der Waals surface area contributed by atoms with Gasteiger partial charge in [-0.25, -0.2) is 4.79 Å². The summed E-state index contributed by atoms with van der Waals surface area (Å²) in [4.78, 5) is 10.8. The van der Waals surface area contributed by atoms with E-state index in [0.29, 0.717) is 12.0 Å². The topological polar surface area (TPSA) is 37.3 Å². The summed E-state index contributed by atoms with van der Waals surface area (Å²) in [5.41, 5.74) is 3.95. The van der Waals surface area contributed by atoms with E-state index in [-0.39, 0.29) is 0 Å². The van der Waals surface area contributed by atoms with Crippen LogP contribution >= 0.6 is 0 Å². The summed E-state index contributed by atoms with van der Waals surface area (Å²) in [7, 11) is 0. The number of carboxylic acids is 1. The number of hydrogen-bond acceptors (Lipinski definition) is 1. The van der Waals surface area contributed by atoms with E-state index in [2.05, 4.69) is 19.1 Å². The van der Waals surface area contributed by atoms with Crippen molar-refractivity contribution in [1.82, 2.24) is 0 Å².